The second kappa shape index (κ2) is 9.84. The van der Waals surface area contributed by atoms with Crippen LogP contribution >= 0.6 is 0 Å². The lowest BCUT2D eigenvalue weighted by Gasteiger charge is -2.32. The summed E-state index contributed by atoms with van der Waals surface area (Å²) in [7, 11) is 0. The Labute approximate surface area is 179 Å². The Balaban J connectivity index is 1.63. The predicted molar refractivity (Wildman–Crippen MR) is 113 cm³/mol. The van der Waals surface area contributed by atoms with Crippen LogP contribution < -0.4 is 10.2 Å². The van der Waals surface area contributed by atoms with E-state index >= 15 is 0 Å². The number of hydrogen-bond donors (Lipinski definition) is 1. The van der Waals surface area contributed by atoms with E-state index in [0.29, 0.717) is 30.3 Å². The average Bonchev–Trinajstić information content (AvgIpc) is 2.77. The van der Waals surface area contributed by atoms with Gasteiger partial charge in [0.1, 0.15) is 5.69 Å². The summed E-state index contributed by atoms with van der Waals surface area (Å²) in [6, 6.07) is 12.3. The minimum Gasteiger partial charge on any atom is -0.452 e. The van der Waals surface area contributed by atoms with Crippen molar-refractivity contribution in [3.8, 4) is 0 Å². The number of esters is 1. The molecule has 1 aliphatic heterocycles. The molecule has 0 aromatic heterocycles. The molecule has 1 heterocycles. The fourth-order valence-electron chi connectivity index (χ4n) is 3.51. The van der Waals surface area contributed by atoms with E-state index in [9.17, 15) is 24.5 Å². The van der Waals surface area contributed by atoms with Gasteiger partial charge in [0.2, 0.25) is 0 Å². The number of hydrogen-bond acceptors (Lipinski definition) is 7. The van der Waals surface area contributed by atoms with Crippen LogP contribution in [-0.2, 0) is 9.53 Å². The predicted octanol–water partition coefficient (Wildman–Crippen LogP) is 2.94. The van der Waals surface area contributed by atoms with Gasteiger partial charge in [0, 0.05) is 24.7 Å². The van der Waals surface area contributed by atoms with Gasteiger partial charge in [-0.05, 0) is 43.0 Å². The van der Waals surface area contributed by atoms with Gasteiger partial charge in [-0.3, -0.25) is 25.0 Å². The summed E-state index contributed by atoms with van der Waals surface area (Å²) >= 11 is 0. The maximum absolute atomic E-state index is 12.3. The summed E-state index contributed by atoms with van der Waals surface area (Å²) in [5.41, 5.74) is 0.523. The molecule has 1 fully saturated rings. The first-order valence-electron chi connectivity index (χ1n) is 9.95. The molecule has 0 aliphatic carbocycles. The van der Waals surface area contributed by atoms with Crippen molar-refractivity contribution in [1.82, 2.24) is 5.32 Å². The number of carbonyl (C=O) groups excluding carboxylic acids is 3. The summed E-state index contributed by atoms with van der Waals surface area (Å²) in [5, 5.41) is 13.7. The number of rotatable bonds is 6. The summed E-state index contributed by atoms with van der Waals surface area (Å²) in [6.45, 7) is 2.83. The molecule has 9 nitrogen and oxygen atoms in total. The number of piperidine rings is 1. The molecule has 0 bridgehead atoms. The van der Waals surface area contributed by atoms with E-state index in [4.69, 9.17) is 4.74 Å². The smallest absolute Gasteiger partial charge is 0.338 e. The van der Waals surface area contributed by atoms with Gasteiger partial charge in [-0.25, -0.2) is 4.79 Å². The molecular formula is C22H23N3O6. The zero-order valence-corrected chi connectivity index (χ0v) is 17.1. The quantitative estimate of drug-likeness (QED) is 0.429. The molecule has 1 unspecified atom stereocenters. The number of imide groups is 1. The van der Waals surface area contributed by atoms with Gasteiger partial charge in [-0.15, -0.1) is 0 Å². The van der Waals surface area contributed by atoms with Crippen molar-refractivity contribution in [3.63, 3.8) is 0 Å². The normalized spacial score (nSPS) is 15.8. The zero-order valence-electron chi connectivity index (χ0n) is 17.1. The fraction of sp³-hybridized carbons (Fsp3) is 0.318. The van der Waals surface area contributed by atoms with Crippen LogP contribution in [0.2, 0.25) is 0 Å². The third-order valence-corrected chi connectivity index (χ3v) is 5.03. The van der Waals surface area contributed by atoms with E-state index in [2.05, 4.69) is 12.2 Å². The van der Waals surface area contributed by atoms with Gasteiger partial charge in [0.15, 0.2) is 6.61 Å². The second-order valence-corrected chi connectivity index (χ2v) is 7.47. The van der Waals surface area contributed by atoms with Crippen molar-refractivity contribution in [2.24, 2.45) is 5.92 Å². The molecule has 9 heteroatoms. The van der Waals surface area contributed by atoms with Crippen LogP contribution in [0.25, 0.3) is 0 Å². The molecule has 1 aliphatic rings. The van der Waals surface area contributed by atoms with Crippen molar-refractivity contribution in [3.05, 3.63) is 69.8 Å². The molecule has 3 rings (SSSR count). The number of nitrogens with zero attached hydrogens (tertiary/aromatic N) is 2. The van der Waals surface area contributed by atoms with Gasteiger partial charge in [0.25, 0.3) is 17.5 Å². The Morgan fingerprint density at radius 2 is 1.90 bits per heavy atom. The topological polar surface area (TPSA) is 119 Å². The lowest BCUT2D eigenvalue weighted by atomic mass is 9.99. The third kappa shape index (κ3) is 5.65. The van der Waals surface area contributed by atoms with Crippen molar-refractivity contribution < 1.29 is 24.0 Å². The SMILES string of the molecule is CC1CCCN(c2ccc(C(=O)OCC(=O)NC(=O)c3ccccc3)cc2[N+](=O)[O-])C1. The van der Waals surface area contributed by atoms with Crippen LogP contribution in [-0.4, -0.2) is 42.4 Å². The highest BCUT2D eigenvalue weighted by Gasteiger charge is 2.25. The molecule has 2 amide bonds. The molecule has 162 valence electrons. The minimum absolute atomic E-state index is 0.0392. The van der Waals surface area contributed by atoms with Crippen LogP contribution in [0.1, 0.15) is 40.5 Å². The van der Waals surface area contributed by atoms with Gasteiger partial charge in [0.05, 0.1) is 10.5 Å². The molecule has 0 saturated carbocycles. The number of nitrogens with one attached hydrogen (secondary N) is 1. The highest BCUT2D eigenvalue weighted by Crippen LogP contribution is 2.32. The first kappa shape index (κ1) is 21.9. The first-order valence-corrected chi connectivity index (χ1v) is 9.95. The number of nitro groups is 1. The Morgan fingerprint density at radius 1 is 1.16 bits per heavy atom. The van der Waals surface area contributed by atoms with E-state index in [1.807, 2.05) is 4.90 Å². The van der Waals surface area contributed by atoms with Crippen molar-refractivity contribution in [2.75, 3.05) is 24.6 Å². The fourth-order valence-corrected chi connectivity index (χ4v) is 3.51. The molecule has 2 aromatic rings. The third-order valence-electron chi connectivity index (χ3n) is 5.03. The van der Waals surface area contributed by atoms with Gasteiger partial charge < -0.3 is 9.64 Å². The largest absolute Gasteiger partial charge is 0.452 e. The standard InChI is InChI=1S/C22H23N3O6/c1-15-6-5-11-24(13-15)18-10-9-17(12-19(18)25(29)30)22(28)31-14-20(26)23-21(27)16-7-3-2-4-8-16/h2-4,7-10,12,15H,5-6,11,13-14H2,1H3,(H,23,26,27). The van der Waals surface area contributed by atoms with E-state index < -0.39 is 29.3 Å². The summed E-state index contributed by atoms with van der Waals surface area (Å²) in [4.78, 5) is 49.1. The summed E-state index contributed by atoms with van der Waals surface area (Å²) in [5.74, 6) is -1.87. The molecule has 0 radical (unpaired) electrons. The summed E-state index contributed by atoms with van der Waals surface area (Å²) in [6.07, 6.45) is 2.02. The van der Waals surface area contributed by atoms with E-state index in [0.717, 1.165) is 18.9 Å². The number of nitro benzene ring substituents is 1. The van der Waals surface area contributed by atoms with E-state index in [-0.39, 0.29) is 11.3 Å². The van der Waals surface area contributed by atoms with Crippen LogP contribution in [0.15, 0.2) is 48.5 Å². The number of benzene rings is 2. The highest BCUT2D eigenvalue weighted by atomic mass is 16.6. The van der Waals surface area contributed by atoms with Crippen molar-refractivity contribution in [2.45, 2.75) is 19.8 Å². The van der Waals surface area contributed by atoms with Gasteiger partial charge >= 0.3 is 5.97 Å². The van der Waals surface area contributed by atoms with Crippen molar-refractivity contribution >= 4 is 29.2 Å². The number of amides is 2. The zero-order chi connectivity index (χ0) is 22.4. The van der Waals surface area contributed by atoms with Gasteiger partial charge in [-0.1, -0.05) is 25.1 Å². The minimum atomic E-state index is -0.885. The van der Waals surface area contributed by atoms with Gasteiger partial charge in [-0.2, -0.15) is 0 Å². The van der Waals surface area contributed by atoms with Crippen LogP contribution in [0.3, 0.4) is 0 Å². The second-order valence-electron chi connectivity index (χ2n) is 7.47. The lowest BCUT2D eigenvalue weighted by molar-refractivity contribution is -0.384. The summed E-state index contributed by atoms with van der Waals surface area (Å²) < 4.78 is 4.92. The van der Waals surface area contributed by atoms with E-state index in [1.165, 1.54) is 12.1 Å². The van der Waals surface area contributed by atoms with Crippen molar-refractivity contribution in [1.29, 1.82) is 0 Å². The number of carbonyl (C=O) groups is 3. The molecule has 1 saturated heterocycles. The molecule has 1 atom stereocenters. The Morgan fingerprint density at radius 3 is 2.58 bits per heavy atom. The van der Waals surface area contributed by atoms with Crippen LogP contribution in [0.4, 0.5) is 11.4 Å². The molecule has 0 spiro atoms. The Hall–Kier alpha value is -3.75. The van der Waals surface area contributed by atoms with Crippen LogP contribution in [0, 0.1) is 16.0 Å². The molecule has 2 aromatic carbocycles. The highest BCUT2D eigenvalue weighted by molar-refractivity contribution is 6.05. The molecule has 31 heavy (non-hydrogen) atoms. The number of anilines is 1. The Kier molecular flexibility index (Phi) is 6.96. The maximum atomic E-state index is 12.3. The lowest BCUT2D eigenvalue weighted by Crippen LogP contribution is -2.34. The average molecular weight is 425 g/mol. The Bertz CT molecular complexity index is 992. The number of ether oxygens (including phenoxy) is 1. The monoisotopic (exact) mass is 425 g/mol. The molecular weight excluding hydrogens is 402 g/mol. The van der Waals surface area contributed by atoms with E-state index in [1.54, 1.807) is 30.3 Å². The maximum Gasteiger partial charge on any atom is 0.338 e. The molecule has 1 N–H and O–H groups in total. The van der Waals surface area contributed by atoms with Crippen LogP contribution in [0.5, 0.6) is 0 Å². The first-order chi connectivity index (χ1) is 14.8.